The lowest BCUT2D eigenvalue weighted by Crippen LogP contribution is -2.27. The topological polar surface area (TPSA) is 239 Å². The smallest absolute Gasteiger partial charge is 0.163 e. The molecule has 11 aromatic heterocycles. The molecule has 142 heavy (non-hydrogen) atoms. The molecule has 0 saturated heterocycles. The first kappa shape index (κ1) is 107. The summed E-state index contributed by atoms with van der Waals surface area (Å²) in [7, 11) is 0. The number of aryl methyl sites for hydroxylation is 8. The number of nitriles is 1. The molecule has 736 valence electrons. The van der Waals surface area contributed by atoms with Crippen molar-refractivity contribution in [2.45, 2.75) is 267 Å². The third-order valence-electron chi connectivity index (χ3n) is 25.5. The van der Waals surface area contributed by atoms with Gasteiger partial charge >= 0.3 is 0 Å². The molecule has 0 aliphatic heterocycles. The summed E-state index contributed by atoms with van der Waals surface area (Å²) in [6.07, 6.45) is 6.09. The van der Waals surface area contributed by atoms with Crippen molar-refractivity contribution in [1.29, 1.82) is 5.26 Å². The van der Waals surface area contributed by atoms with E-state index in [0.717, 1.165) is 201 Å². The minimum Gasteiger partial charge on any atom is -0.360 e. The lowest BCUT2D eigenvalue weighted by Gasteiger charge is -2.29. The maximum absolute atomic E-state index is 13.0. The molecule has 11 heterocycles. The van der Waals surface area contributed by atoms with Crippen LogP contribution in [0.5, 0.6) is 0 Å². The SMILES string of the molecule is CC(=O)C(OC(C)(C)C)c1c(C)nc2c(c(C)c(C)n2Cc2ccccc2C#N)c1-c1ccc(Cl)cc1.CC(=O)C(OC(C)(C)C)c1c(C)nc2c(c(C)c(C)n2Cc2ccccn2)c1-c1ccc(Cl)cc1.CC(=O)C(OC(C)(C)C)c1c(C)nc2c(c(C)c(C)n2Cc2cccnc2)c1-c1ccc(Cl)cc1.CC(=O)C(OC(C)(C)C)c1c(C)nc2c(c(C)c(C)n2Cc2ccncc2)c1-c1ccc(Cl)cc1. The molecule has 16 rings (SSSR count). The van der Waals surface area contributed by atoms with Crippen LogP contribution in [0, 0.1) is 94.4 Å². The number of hydrogen-bond donors (Lipinski definition) is 0. The Bertz CT molecular complexity index is 6940. The van der Waals surface area contributed by atoms with E-state index in [4.69, 9.17) is 85.3 Å². The normalized spacial score (nSPS) is 12.7. The number of halogens is 4. The quantitative estimate of drug-likeness (QED) is 0.0546. The number of ether oxygens (including phenoxy) is 4. The Balaban J connectivity index is 0.000000159. The summed E-state index contributed by atoms with van der Waals surface area (Å²) in [4.78, 5) is 85.1. The van der Waals surface area contributed by atoms with Gasteiger partial charge in [-0.25, -0.2) is 19.9 Å². The maximum Gasteiger partial charge on any atom is 0.163 e. The molecule has 5 aromatic carbocycles. The van der Waals surface area contributed by atoms with Gasteiger partial charge in [0.15, 0.2) is 23.1 Å². The van der Waals surface area contributed by atoms with Gasteiger partial charge < -0.3 is 37.2 Å². The van der Waals surface area contributed by atoms with Crippen LogP contribution in [0.15, 0.2) is 195 Å². The molecule has 0 amide bonds. The molecule has 0 aliphatic rings. The van der Waals surface area contributed by atoms with Crippen LogP contribution in [0.2, 0.25) is 20.1 Å². The maximum atomic E-state index is 13.0. The van der Waals surface area contributed by atoms with Crippen LogP contribution in [-0.2, 0) is 64.3 Å². The van der Waals surface area contributed by atoms with Crippen LogP contribution in [0.4, 0.5) is 0 Å². The highest BCUT2D eigenvalue weighted by molar-refractivity contribution is 6.32. The number of carbonyl (C=O) groups excluding carboxylic acids is 4. The molecular weight excluding hydrogens is 1860 g/mol. The van der Waals surface area contributed by atoms with Crippen LogP contribution < -0.4 is 0 Å². The van der Waals surface area contributed by atoms with E-state index in [-0.39, 0.29) is 23.1 Å². The fourth-order valence-corrected chi connectivity index (χ4v) is 19.1. The number of fused-ring (bicyclic) bond motifs is 4. The summed E-state index contributed by atoms with van der Waals surface area (Å²) in [6.45, 7) is 56.9. The summed E-state index contributed by atoms with van der Waals surface area (Å²) in [5.41, 5.74) is 29.0. The molecule has 0 fully saturated rings. The van der Waals surface area contributed by atoms with E-state index in [0.29, 0.717) is 51.8 Å². The second-order valence-electron chi connectivity index (χ2n) is 40.6. The van der Waals surface area contributed by atoms with Gasteiger partial charge in [0.05, 0.1) is 59.4 Å². The summed E-state index contributed by atoms with van der Waals surface area (Å²) in [5.74, 6) is -0.235. The molecule has 4 unspecified atom stereocenters. The first-order valence-corrected chi connectivity index (χ1v) is 49.3. The van der Waals surface area contributed by atoms with Gasteiger partial charge in [-0.15, -0.1) is 0 Å². The number of hydrogen-bond acceptors (Lipinski definition) is 16. The number of pyridine rings is 7. The average Bonchev–Trinajstić information content (AvgIpc) is 1.57. The Hall–Kier alpha value is -12.5. The van der Waals surface area contributed by atoms with Gasteiger partial charge in [-0.05, 0) is 340 Å². The monoisotopic (exact) mass is 1980 g/mol. The first-order valence-electron chi connectivity index (χ1n) is 47.8. The third kappa shape index (κ3) is 23.8. The highest BCUT2D eigenvalue weighted by Gasteiger charge is 2.39. The number of benzene rings is 5. The largest absolute Gasteiger partial charge is 0.360 e. The van der Waals surface area contributed by atoms with Gasteiger partial charge in [0.1, 0.15) is 47.0 Å². The summed E-state index contributed by atoms with van der Waals surface area (Å²) >= 11 is 25.0. The van der Waals surface area contributed by atoms with Crippen molar-refractivity contribution in [3.63, 3.8) is 0 Å². The van der Waals surface area contributed by atoms with E-state index in [2.05, 4.69) is 101 Å². The lowest BCUT2D eigenvalue weighted by molar-refractivity contribution is -0.139. The Labute approximate surface area is 854 Å². The second-order valence-corrected chi connectivity index (χ2v) is 42.4. The van der Waals surface area contributed by atoms with Crippen molar-refractivity contribution in [3.05, 3.63) is 333 Å². The molecule has 0 N–H and O–H groups in total. The summed E-state index contributed by atoms with van der Waals surface area (Å²) < 4.78 is 34.2. The van der Waals surface area contributed by atoms with Crippen LogP contribution in [0.25, 0.3) is 88.6 Å². The fraction of sp³-hybridized carbons (Fsp3) is 0.339. The van der Waals surface area contributed by atoms with E-state index >= 15 is 0 Å². The Kier molecular flexibility index (Phi) is 32.9. The molecule has 0 aliphatic carbocycles. The molecule has 20 nitrogen and oxygen atoms in total. The van der Waals surface area contributed by atoms with E-state index < -0.39 is 46.8 Å². The number of Topliss-reactive ketones (excluding diaryl/α,β-unsaturated/α-hetero) is 4. The number of ketones is 4. The van der Waals surface area contributed by atoms with E-state index in [9.17, 15) is 24.4 Å². The zero-order valence-electron chi connectivity index (χ0n) is 86.8. The Morgan fingerprint density at radius 3 is 0.894 bits per heavy atom. The van der Waals surface area contributed by atoms with Gasteiger partial charge in [-0.3, -0.25) is 34.1 Å². The second kappa shape index (κ2) is 43.7. The molecular formula is C118H128Cl4N12O8. The van der Waals surface area contributed by atoms with Gasteiger partial charge in [0, 0.05) is 169 Å². The molecule has 0 spiro atoms. The highest BCUT2D eigenvalue weighted by Crippen LogP contribution is 2.49. The molecule has 16 aromatic rings. The van der Waals surface area contributed by atoms with Crippen molar-refractivity contribution in [1.82, 2.24) is 53.2 Å². The summed E-state index contributed by atoms with van der Waals surface area (Å²) in [6, 6.07) is 54.9. The van der Waals surface area contributed by atoms with Crippen molar-refractivity contribution < 1.29 is 38.1 Å². The van der Waals surface area contributed by atoms with Crippen molar-refractivity contribution in [2.24, 2.45) is 0 Å². The van der Waals surface area contributed by atoms with Gasteiger partial charge in [0.25, 0.3) is 0 Å². The van der Waals surface area contributed by atoms with E-state index in [1.165, 1.54) is 0 Å². The molecule has 0 bridgehead atoms. The van der Waals surface area contributed by atoms with Gasteiger partial charge in [0.2, 0.25) is 0 Å². The van der Waals surface area contributed by atoms with Gasteiger partial charge in [-0.1, -0.05) is 125 Å². The Morgan fingerprint density at radius 2 is 0.620 bits per heavy atom. The van der Waals surface area contributed by atoms with E-state index in [1.54, 1.807) is 52.5 Å². The van der Waals surface area contributed by atoms with Crippen molar-refractivity contribution >= 4 is 114 Å². The third-order valence-corrected chi connectivity index (χ3v) is 26.6. The molecule has 24 heteroatoms. The predicted octanol–water partition coefficient (Wildman–Crippen LogP) is 29.2. The standard InChI is InChI=1S/C31H32ClN3O2.3C29H32ClN3O2/c1-18-20(3)35(17-24-11-9-8-10-23(24)16-33)30-26(18)28(22-12-14-25(32)15-13-22)27(19(2)34-30)29(21(4)36)37-31(5,6)7;1-17-19(3)33(16-21-12-14-31-15-13-21)28-24(17)26(22-8-10-23(30)11-9-22)25(18(2)32-28)27(20(4)34)35-29(5,6)7;1-17-19(3)33(16-21-9-8-14-31-15-21)28-24(17)26(22-10-12-23(30)13-11-22)25(18(2)32-28)27(20(4)34)35-29(5,6)7;1-17-19(3)33(16-23-10-8-9-15-31-23)28-24(17)26(21-11-13-22(30)14-12-21)25(18(2)32-28)27(20(4)34)35-29(5,6)7/h8-15,29H,17H2,1-7H3;3*8-15,27H,16H2,1-7H3. The van der Waals surface area contributed by atoms with Crippen LogP contribution in [0.1, 0.15) is 253 Å². The van der Waals surface area contributed by atoms with Crippen molar-refractivity contribution in [3.8, 4) is 50.6 Å². The number of nitrogens with zero attached hydrogens (tertiary/aromatic N) is 12. The average molecular weight is 1980 g/mol. The van der Waals surface area contributed by atoms with Crippen molar-refractivity contribution in [2.75, 3.05) is 0 Å². The zero-order chi connectivity index (χ0) is 104. The lowest BCUT2D eigenvalue weighted by atomic mass is 9.90. The predicted molar refractivity (Wildman–Crippen MR) is 575 cm³/mol. The number of aromatic nitrogens is 11. The van der Waals surface area contributed by atoms with Crippen LogP contribution >= 0.6 is 46.4 Å². The minimum atomic E-state index is -0.773. The Morgan fingerprint density at radius 1 is 0.331 bits per heavy atom. The summed E-state index contributed by atoms with van der Waals surface area (Å²) in [5, 5.41) is 16.3. The molecule has 4 atom stereocenters. The fourth-order valence-electron chi connectivity index (χ4n) is 18.6. The van der Waals surface area contributed by atoms with Crippen LogP contribution in [0.3, 0.4) is 0 Å². The highest BCUT2D eigenvalue weighted by atomic mass is 35.5. The van der Waals surface area contributed by atoms with E-state index in [1.807, 2.05) is 275 Å². The van der Waals surface area contributed by atoms with Gasteiger partial charge in [-0.2, -0.15) is 5.26 Å². The molecule has 0 saturated carbocycles. The first-order chi connectivity index (χ1) is 66.8. The van der Waals surface area contributed by atoms with Crippen LogP contribution in [-0.4, -0.2) is 98.7 Å². The number of carbonyl (C=O) groups is 4. The molecule has 0 radical (unpaired) electrons. The minimum absolute atomic E-state index is 0.0509. The number of rotatable bonds is 24. The zero-order valence-corrected chi connectivity index (χ0v) is 89.8.